The van der Waals surface area contributed by atoms with Crippen molar-refractivity contribution in [3.05, 3.63) is 108 Å². The van der Waals surface area contributed by atoms with Crippen LogP contribution in [0.5, 0.6) is 0 Å². The second-order valence-electron chi connectivity index (χ2n) is 8.66. The molecule has 0 heteroatoms. The van der Waals surface area contributed by atoms with Gasteiger partial charge in [0.25, 0.3) is 0 Å². The maximum absolute atomic E-state index is 2.44. The van der Waals surface area contributed by atoms with Crippen LogP contribution in [0.1, 0.15) is 25.0 Å². The number of hydrogen-bond acceptors (Lipinski definition) is 0. The van der Waals surface area contributed by atoms with Gasteiger partial charge in [0, 0.05) is 5.41 Å². The number of rotatable bonds is 1. The van der Waals surface area contributed by atoms with Gasteiger partial charge < -0.3 is 0 Å². The fourth-order valence-electron chi connectivity index (χ4n) is 5.06. The Bertz CT molecular complexity index is 1400. The first-order valence-corrected chi connectivity index (χ1v) is 10.3. The highest BCUT2D eigenvalue weighted by atomic mass is 14.4. The maximum Gasteiger partial charge on any atom is 0.0159 e. The van der Waals surface area contributed by atoms with Crippen molar-refractivity contribution in [1.29, 1.82) is 0 Å². The van der Waals surface area contributed by atoms with Crippen LogP contribution in [0.25, 0.3) is 43.8 Å². The van der Waals surface area contributed by atoms with E-state index in [4.69, 9.17) is 0 Å². The van der Waals surface area contributed by atoms with Gasteiger partial charge in [-0.3, -0.25) is 0 Å². The Morgan fingerprint density at radius 1 is 0.483 bits per heavy atom. The summed E-state index contributed by atoms with van der Waals surface area (Å²) in [7, 11) is 0. The van der Waals surface area contributed by atoms with Gasteiger partial charge in [-0.2, -0.15) is 0 Å². The maximum atomic E-state index is 2.44. The molecular weight excluding hydrogens is 348 g/mol. The summed E-state index contributed by atoms with van der Waals surface area (Å²) in [5.41, 5.74) is 8.17. The van der Waals surface area contributed by atoms with Crippen LogP contribution >= 0.6 is 0 Å². The van der Waals surface area contributed by atoms with Crippen LogP contribution in [0.2, 0.25) is 0 Å². The molecular formula is C29H22. The lowest BCUT2D eigenvalue weighted by Crippen LogP contribution is -2.14. The third kappa shape index (κ3) is 2.32. The van der Waals surface area contributed by atoms with Crippen molar-refractivity contribution in [2.45, 2.75) is 19.3 Å². The fourth-order valence-corrected chi connectivity index (χ4v) is 5.06. The lowest BCUT2D eigenvalue weighted by atomic mass is 9.81. The van der Waals surface area contributed by atoms with Gasteiger partial charge in [-0.05, 0) is 73.1 Å². The molecule has 0 amide bonds. The Kier molecular flexibility index (Phi) is 3.32. The SMILES string of the molecule is CC1(C)c2ccc(-c3ccccc3)cc2-c2cc3ccc4ccccc4c3cc21. The second-order valence-corrected chi connectivity index (χ2v) is 8.66. The molecule has 6 rings (SSSR count). The number of hydrogen-bond donors (Lipinski definition) is 0. The lowest BCUT2D eigenvalue weighted by Gasteiger charge is -2.22. The van der Waals surface area contributed by atoms with Gasteiger partial charge in [0.2, 0.25) is 0 Å². The summed E-state index contributed by atoms with van der Waals surface area (Å²) in [4.78, 5) is 0. The summed E-state index contributed by atoms with van der Waals surface area (Å²) >= 11 is 0. The third-order valence-electron chi connectivity index (χ3n) is 6.65. The van der Waals surface area contributed by atoms with Crippen molar-refractivity contribution in [1.82, 2.24) is 0 Å². The van der Waals surface area contributed by atoms with Gasteiger partial charge in [0.1, 0.15) is 0 Å². The average molecular weight is 370 g/mol. The fraction of sp³-hybridized carbons (Fsp3) is 0.103. The minimum absolute atomic E-state index is 0.00498. The second kappa shape index (κ2) is 5.81. The van der Waals surface area contributed by atoms with Crippen molar-refractivity contribution >= 4 is 21.5 Å². The molecule has 0 unspecified atom stereocenters. The van der Waals surface area contributed by atoms with Crippen LogP contribution < -0.4 is 0 Å². The van der Waals surface area contributed by atoms with Gasteiger partial charge >= 0.3 is 0 Å². The van der Waals surface area contributed by atoms with Gasteiger partial charge in [-0.25, -0.2) is 0 Å². The molecule has 5 aromatic carbocycles. The van der Waals surface area contributed by atoms with E-state index < -0.39 is 0 Å². The molecule has 0 atom stereocenters. The van der Waals surface area contributed by atoms with E-state index in [0.717, 1.165) is 0 Å². The molecule has 0 radical (unpaired) electrons. The van der Waals surface area contributed by atoms with Crippen LogP contribution in [-0.4, -0.2) is 0 Å². The van der Waals surface area contributed by atoms with E-state index in [-0.39, 0.29) is 5.41 Å². The quantitative estimate of drug-likeness (QED) is 0.262. The summed E-state index contributed by atoms with van der Waals surface area (Å²) in [6.45, 7) is 4.72. The van der Waals surface area contributed by atoms with E-state index in [9.17, 15) is 0 Å². The molecule has 0 N–H and O–H groups in total. The first kappa shape index (κ1) is 16.6. The highest BCUT2D eigenvalue weighted by Crippen LogP contribution is 2.51. The standard InChI is InChI=1S/C29H22/c1-29(2)27-15-14-21(19-8-4-3-5-9-19)16-25(27)26-17-22-13-12-20-10-6-7-11-23(20)24(22)18-28(26)29/h3-18H,1-2H3. The highest BCUT2D eigenvalue weighted by Gasteiger charge is 2.35. The molecule has 0 fully saturated rings. The molecule has 1 aliphatic rings. The van der Waals surface area contributed by atoms with Crippen molar-refractivity contribution in [3.8, 4) is 22.3 Å². The largest absolute Gasteiger partial charge is 0.0622 e. The molecule has 5 aromatic rings. The molecule has 0 spiro atoms. The molecule has 0 aromatic heterocycles. The van der Waals surface area contributed by atoms with Crippen molar-refractivity contribution in [2.75, 3.05) is 0 Å². The molecule has 1 aliphatic carbocycles. The minimum atomic E-state index is 0.00498. The van der Waals surface area contributed by atoms with E-state index in [1.165, 1.54) is 54.9 Å². The lowest BCUT2D eigenvalue weighted by molar-refractivity contribution is 0.661. The van der Waals surface area contributed by atoms with Crippen LogP contribution in [0.4, 0.5) is 0 Å². The van der Waals surface area contributed by atoms with Crippen LogP contribution in [0.15, 0.2) is 97.1 Å². The zero-order chi connectivity index (χ0) is 19.6. The van der Waals surface area contributed by atoms with E-state index in [1.54, 1.807) is 0 Å². The van der Waals surface area contributed by atoms with E-state index in [1.807, 2.05) is 0 Å². The Morgan fingerprint density at radius 2 is 1.21 bits per heavy atom. The zero-order valence-electron chi connectivity index (χ0n) is 16.7. The third-order valence-corrected chi connectivity index (χ3v) is 6.65. The molecule has 0 saturated carbocycles. The summed E-state index contributed by atoms with van der Waals surface area (Å²) in [5, 5.41) is 5.31. The number of fused-ring (bicyclic) bond motifs is 6. The molecule has 0 heterocycles. The highest BCUT2D eigenvalue weighted by molar-refractivity contribution is 6.09. The van der Waals surface area contributed by atoms with Crippen molar-refractivity contribution in [2.24, 2.45) is 0 Å². The molecule has 29 heavy (non-hydrogen) atoms. The molecule has 0 saturated heterocycles. The Morgan fingerprint density at radius 3 is 2.07 bits per heavy atom. The van der Waals surface area contributed by atoms with E-state index in [2.05, 4.69) is 111 Å². The van der Waals surface area contributed by atoms with Crippen LogP contribution in [-0.2, 0) is 5.41 Å². The predicted octanol–water partition coefficient (Wildman–Crippen LogP) is 7.97. The Hall–Kier alpha value is -3.38. The van der Waals surface area contributed by atoms with E-state index in [0.29, 0.717) is 0 Å². The monoisotopic (exact) mass is 370 g/mol. The average Bonchev–Trinajstić information content (AvgIpc) is 2.99. The Balaban J connectivity index is 1.65. The van der Waals surface area contributed by atoms with Gasteiger partial charge in [0.05, 0.1) is 0 Å². The van der Waals surface area contributed by atoms with Gasteiger partial charge in [0.15, 0.2) is 0 Å². The first-order chi connectivity index (χ1) is 14.1. The summed E-state index contributed by atoms with van der Waals surface area (Å²) in [5.74, 6) is 0. The smallest absolute Gasteiger partial charge is 0.0159 e. The summed E-state index contributed by atoms with van der Waals surface area (Å²) in [6.07, 6.45) is 0. The summed E-state index contributed by atoms with van der Waals surface area (Å²) in [6, 6.07) is 35.7. The zero-order valence-corrected chi connectivity index (χ0v) is 16.7. The molecule has 0 nitrogen and oxygen atoms in total. The van der Waals surface area contributed by atoms with E-state index >= 15 is 0 Å². The van der Waals surface area contributed by atoms with Crippen molar-refractivity contribution < 1.29 is 0 Å². The molecule has 0 bridgehead atoms. The molecule has 0 aliphatic heterocycles. The van der Waals surface area contributed by atoms with Crippen LogP contribution in [0.3, 0.4) is 0 Å². The summed E-state index contributed by atoms with van der Waals surface area (Å²) < 4.78 is 0. The number of benzene rings is 5. The normalized spacial score (nSPS) is 14.1. The Labute approximate surface area is 171 Å². The van der Waals surface area contributed by atoms with Crippen molar-refractivity contribution in [3.63, 3.8) is 0 Å². The van der Waals surface area contributed by atoms with Crippen LogP contribution in [0, 0.1) is 0 Å². The molecule has 138 valence electrons. The van der Waals surface area contributed by atoms with Gasteiger partial charge in [-0.1, -0.05) is 92.7 Å². The van der Waals surface area contributed by atoms with Gasteiger partial charge in [-0.15, -0.1) is 0 Å². The topological polar surface area (TPSA) is 0 Å². The first-order valence-electron chi connectivity index (χ1n) is 10.3. The predicted molar refractivity (Wildman–Crippen MR) is 124 cm³/mol. The minimum Gasteiger partial charge on any atom is -0.0622 e.